The lowest BCUT2D eigenvalue weighted by molar-refractivity contribution is -0.151. The van der Waals surface area contributed by atoms with Crippen molar-refractivity contribution in [3.05, 3.63) is 29.3 Å². The average molecular weight is 401 g/mol. The third kappa shape index (κ3) is 4.98. The Morgan fingerprint density at radius 3 is 2.69 bits per heavy atom. The van der Waals surface area contributed by atoms with E-state index >= 15 is 0 Å². The molecule has 6 nitrogen and oxygen atoms in total. The fraction of sp³-hybridized carbons (Fsp3) is 0.609. The Kier molecular flexibility index (Phi) is 6.60. The summed E-state index contributed by atoms with van der Waals surface area (Å²) in [5, 5.41) is 2.77. The number of esters is 1. The molecule has 2 aliphatic rings. The predicted molar refractivity (Wildman–Crippen MR) is 111 cm³/mol. The van der Waals surface area contributed by atoms with Gasteiger partial charge in [0.15, 0.2) is 6.61 Å². The molecule has 1 saturated heterocycles. The van der Waals surface area contributed by atoms with Gasteiger partial charge >= 0.3 is 5.97 Å². The van der Waals surface area contributed by atoms with Gasteiger partial charge in [-0.3, -0.25) is 14.4 Å². The first-order valence-electron chi connectivity index (χ1n) is 10.6. The molecule has 3 rings (SSSR count). The molecule has 2 fully saturated rings. The number of amides is 2. The molecule has 0 bridgehead atoms. The lowest BCUT2D eigenvalue weighted by Gasteiger charge is -2.39. The van der Waals surface area contributed by atoms with E-state index in [-0.39, 0.29) is 30.9 Å². The molecule has 1 heterocycles. The molecule has 1 aromatic carbocycles. The maximum Gasteiger partial charge on any atom is 0.311 e. The molecular weight excluding hydrogens is 368 g/mol. The van der Waals surface area contributed by atoms with Crippen molar-refractivity contribution in [2.45, 2.75) is 59.4 Å². The van der Waals surface area contributed by atoms with Crippen LogP contribution in [0.5, 0.6) is 0 Å². The maximum atomic E-state index is 12.5. The molecule has 1 aromatic rings. The smallest absolute Gasteiger partial charge is 0.311 e. The molecule has 158 valence electrons. The summed E-state index contributed by atoms with van der Waals surface area (Å²) in [6.07, 6.45) is 3.49. The van der Waals surface area contributed by atoms with Crippen LogP contribution in [0.2, 0.25) is 0 Å². The number of nitrogens with zero attached hydrogens (tertiary/aromatic N) is 1. The minimum Gasteiger partial charge on any atom is -0.455 e. The second-order valence-electron chi connectivity index (χ2n) is 8.76. The van der Waals surface area contributed by atoms with E-state index in [0.717, 1.165) is 24.0 Å². The van der Waals surface area contributed by atoms with Gasteiger partial charge in [-0.2, -0.15) is 0 Å². The molecule has 1 saturated carbocycles. The second kappa shape index (κ2) is 8.97. The van der Waals surface area contributed by atoms with E-state index in [2.05, 4.69) is 19.2 Å². The first-order valence-corrected chi connectivity index (χ1v) is 10.6. The van der Waals surface area contributed by atoms with Gasteiger partial charge in [-0.1, -0.05) is 44.4 Å². The van der Waals surface area contributed by atoms with Crippen LogP contribution in [0.4, 0.5) is 5.69 Å². The number of rotatable bonds is 5. The normalized spacial score (nSPS) is 27.0. The number of carbonyl (C=O) groups is 3. The first-order chi connectivity index (χ1) is 13.8. The Morgan fingerprint density at radius 2 is 1.97 bits per heavy atom. The number of ether oxygens (including phenoxy) is 1. The van der Waals surface area contributed by atoms with Crippen LogP contribution in [-0.4, -0.2) is 41.9 Å². The van der Waals surface area contributed by atoms with Crippen LogP contribution in [0.15, 0.2) is 18.2 Å². The Labute approximate surface area is 173 Å². The highest BCUT2D eigenvalue weighted by Crippen LogP contribution is 2.35. The third-order valence-corrected chi connectivity index (χ3v) is 6.56. The zero-order valence-corrected chi connectivity index (χ0v) is 17.9. The van der Waals surface area contributed by atoms with E-state index in [4.69, 9.17) is 4.74 Å². The van der Waals surface area contributed by atoms with Crippen LogP contribution >= 0.6 is 0 Å². The van der Waals surface area contributed by atoms with Gasteiger partial charge in [-0.25, -0.2) is 0 Å². The lowest BCUT2D eigenvalue weighted by Crippen LogP contribution is -2.45. The van der Waals surface area contributed by atoms with Crippen LogP contribution in [0.1, 0.15) is 50.7 Å². The van der Waals surface area contributed by atoms with E-state index in [0.29, 0.717) is 24.1 Å². The molecule has 1 aliphatic heterocycles. The highest BCUT2D eigenvalue weighted by atomic mass is 16.5. The highest BCUT2D eigenvalue weighted by molar-refractivity contribution is 5.94. The topological polar surface area (TPSA) is 75.7 Å². The Balaban J connectivity index is 1.51. The molecule has 0 aromatic heterocycles. The quantitative estimate of drug-likeness (QED) is 0.768. The molecule has 0 unspecified atom stereocenters. The summed E-state index contributed by atoms with van der Waals surface area (Å²) in [6, 6.07) is 5.94. The summed E-state index contributed by atoms with van der Waals surface area (Å²) in [5.41, 5.74) is 2.78. The van der Waals surface area contributed by atoms with Crippen molar-refractivity contribution in [2.24, 2.45) is 17.8 Å². The predicted octanol–water partition coefficient (Wildman–Crippen LogP) is 3.46. The number of nitrogens with one attached hydrogen (secondary N) is 1. The van der Waals surface area contributed by atoms with Crippen molar-refractivity contribution < 1.29 is 19.1 Å². The summed E-state index contributed by atoms with van der Waals surface area (Å²) in [6.45, 7) is 8.40. The summed E-state index contributed by atoms with van der Waals surface area (Å²) in [7, 11) is 0. The van der Waals surface area contributed by atoms with Crippen molar-refractivity contribution in [1.82, 2.24) is 4.90 Å². The summed E-state index contributed by atoms with van der Waals surface area (Å²) >= 11 is 0. The maximum absolute atomic E-state index is 12.5. The monoisotopic (exact) mass is 400 g/mol. The summed E-state index contributed by atoms with van der Waals surface area (Å²) in [5.74, 6) is -0.278. The summed E-state index contributed by atoms with van der Waals surface area (Å²) < 4.78 is 5.23. The lowest BCUT2D eigenvalue weighted by atomic mass is 9.77. The van der Waals surface area contributed by atoms with Gasteiger partial charge in [0.25, 0.3) is 5.91 Å². The van der Waals surface area contributed by atoms with E-state index in [1.807, 2.05) is 36.9 Å². The molecule has 1 aliphatic carbocycles. The van der Waals surface area contributed by atoms with Gasteiger partial charge in [0.05, 0.1) is 5.92 Å². The minimum absolute atomic E-state index is 0.0256. The number of hydrogen-bond donors (Lipinski definition) is 1. The largest absolute Gasteiger partial charge is 0.455 e. The number of anilines is 1. The van der Waals surface area contributed by atoms with Gasteiger partial charge in [-0.15, -0.1) is 0 Å². The Hall–Kier alpha value is -2.37. The van der Waals surface area contributed by atoms with Crippen LogP contribution in [0.3, 0.4) is 0 Å². The Morgan fingerprint density at radius 1 is 1.21 bits per heavy atom. The van der Waals surface area contributed by atoms with Gasteiger partial charge in [0.1, 0.15) is 0 Å². The van der Waals surface area contributed by atoms with Gasteiger partial charge in [0.2, 0.25) is 5.91 Å². The molecule has 0 spiro atoms. The SMILES string of the molecule is Cc1ccc(NC(=O)COC(=O)[C@@H]2CC(=O)N([C@H]3CCC[C@H](C)[C@@H]3C)C2)c(C)c1. The van der Waals surface area contributed by atoms with Crippen molar-refractivity contribution in [2.75, 3.05) is 18.5 Å². The van der Waals surface area contributed by atoms with Crippen molar-refractivity contribution in [3.63, 3.8) is 0 Å². The fourth-order valence-corrected chi connectivity index (χ4v) is 4.60. The minimum atomic E-state index is -0.485. The van der Waals surface area contributed by atoms with Crippen LogP contribution in [0.25, 0.3) is 0 Å². The molecule has 6 heteroatoms. The average Bonchev–Trinajstić information content (AvgIpc) is 3.06. The Bertz CT molecular complexity index is 791. The molecule has 29 heavy (non-hydrogen) atoms. The number of aryl methyl sites for hydroxylation is 2. The van der Waals surface area contributed by atoms with E-state index < -0.39 is 11.9 Å². The van der Waals surface area contributed by atoms with Crippen molar-refractivity contribution >= 4 is 23.5 Å². The zero-order chi connectivity index (χ0) is 21.1. The highest BCUT2D eigenvalue weighted by Gasteiger charge is 2.42. The van der Waals surface area contributed by atoms with E-state index in [1.54, 1.807) is 0 Å². The van der Waals surface area contributed by atoms with E-state index in [1.165, 1.54) is 6.42 Å². The van der Waals surface area contributed by atoms with Crippen LogP contribution in [0, 0.1) is 31.6 Å². The van der Waals surface area contributed by atoms with Crippen molar-refractivity contribution in [1.29, 1.82) is 0 Å². The molecular formula is C23H32N2O4. The number of hydrogen-bond acceptors (Lipinski definition) is 4. The standard InChI is InChI=1S/C23H32N2O4/c1-14-8-9-19(16(3)10-14)24-21(26)13-29-23(28)18-11-22(27)25(12-18)20-7-5-6-15(2)17(20)4/h8-10,15,17-18,20H,5-7,11-13H2,1-4H3,(H,24,26)/t15-,17-,18+,20-/m0/s1. The van der Waals surface area contributed by atoms with Gasteiger partial charge in [0, 0.05) is 24.7 Å². The molecule has 0 radical (unpaired) electrons. The summed E-state index contributed by atoms with van der Waals surface area (Å²) in [4.78, 5) is 39.0. The third-order valence-electron chi connectivity index (χ3n) is 6.56. The van der Waals surface area contributed by atoms with Crippen molar-refractivity contribution in [3.8, 4) is 0 Å². The van der Waals surface area contributed by atoms with E-state index in [9.17, 15) is 14.4 Å². The molecule has 1 N–H and O–H groups in total. The first kappa shape index (κ1) is 21.3. The van der Waals surface area contributed by atoms with Gasteiger partial charge in [-0.05, 0) is 43.7 Å². The van der Waals surface area contributed by atoms with Crippen LogP contribution in [-0.2, 0) is 19.1 Å². The molecule has 4 atom stereocenters. The zero-order valence-electron chi connectivity index (χ0n) is 17.9. The number of benzene rings is 1. The second-order valence-corrected chi connectivity index (χ2v) is 8.76. The van der Waals surface area contributed by atoms with Crippen LogP contribution < -0.4 is 5.32 Å². The number of likely N-dealkylation sites (tertiary alicyclic amines) is 1. The van der Waals surface area contributed by atoms with Gasteiger partial charge < -0.3 is 15.0 Å². The molecule has 2 amide bonds. The fourth-order valence-electron chi connectivity index (χ4n) is 4.60. The number of carbonyl (C=O) groups excluding carboxylic acids is 3.